The van der Waals surface area contributed by atoms with Crippen LogP contribution in [0, 0.1) is 18.3 Å². The van der Waals surface area contributed by atoms with E-state index in [9.17, 15) is 15.5 Å². The van der Waals surface area contributed by atoms with Crippen molar-refractivity contribution in [3.63, 3.8) is 0 Å². The molecule has 0 saturated carbocycles. The number of rotatable bonds is 2. The van der Waals surface area contributed by atoms with E-state index >= 15 is 0 Å². The van der Waals surface area contributed by atoms with Crippen LogP contribution < -0.4 is 10.5 Å². The Morgan fingerprint density at radius 1 is 1.25 bits per heavy atom. The summed E-state index contributed by atoms with van der Waals surface area (Å²) in [4.78, 5) is 0. The first-order valence-electron chi connectivity index (χ1n) is 8.36. The highest BCUT2D eigenvalue weighted by molar-refractivity contribution is 9.10. The summed E-state index contributed by atoms with van der Waals surface area (Å²) in [6.07, 6.45) is 0. The first-order chi connectivity index (χ1) is 13.4. The quantitative estimate of drug-likeness (QED) is 0.526. The molecule has 0 unspecified atom stereocenters. The number of aromatic hydroxyl groups is 2. The van der Waals surface area contributed by atoms with Gasteiger partial charge in [0.05, 0.1) is 27.3 Å². The maximum Gasteiger partial charge on any atom is 0.229 e. The van der Waals surface area contributed by atoms with Gasteiger partial charge in [-0.1, -0.05) is 18.2 Å². The lowest BCUT2D eigenvalue weighted by Gasteiger charge is -2.25. The van der Waals surface area contributed by atoms with Crippen LogP contribution in [-0.4, -0.2) is 20.0 Å². The number of phenolic OH excluding ortho intramolecular Hbond substituents is 2. The van der Waals surface area contributed by atoms with E-state index in [1.165, 1.54) is 6.07 Å². The minimum atomic E-state index is -0.603. The first-order valence-corrected chi connectivity index (χ1v) is 9.15. The molecular formula is C20H15BrN4O3. The summed E-state index contributed by atoms with van der Waals surface area (Å²) in [5.41, 5.74) is 8.96. The molecule has 0 bridgehead atoms. The fraction of sp³-hybridized carbons (Fsp3) is 0.100. The van der Waals surface area contributed by atoms with Gasteiger partial charge in [-0.3, -0.25) is 0 Å². The largest absolute Gasteiger partial charge is 0.504 e. The summed E-state index contributed by atoms with van der Waals surface area (Å²) in [7, 11) is 0. The number of halogens is 1. The van der Waals surface area contributed by atoms with Crippen LogP contribution in [0.4, 0.5) is 0 Å². The average Bonchev–Trinajstić information content (AvgIpc) is 3.01. The Balaban J connectivity index is 1.98. The van der Waals surface area contributed by atoms with E-state index in [-0.39, 0.29) is 23.0 Å². The van der Waals surface area contributed by atoms with Crippen LogP contribution in [0.25, 0.3) is 5.69 Å². The van der Waals surface area contributed by atoms with Crippen LogP contribution in [0.1, 0.15) is 22.7 Å². The fourth-order valence-corrected chi connectivity index (χ4v) is 3.83. The number of para-hydroxylation sites is 1. The summed E-state index contributed by atoms with van der Waals surface area (Å²) >= 11 is 3.23. The molecule has 0 saturated heterocycles. The smallest absolute Gasteiger partial charge is 0.229 e. The van der Waals surface area contributed by atoms with Crippen LogP contribution >= 0.6 is 15.9 Å². The van der Waals surface area contributed by atoms with Gasteiger partial charge in [0.25, 0.3) is 0 Å². The number of hydrogen-bond donors (Lipinski definition) is 3. The molecular weight excluding hydrogens is 424 g/mol. The second-order valence-electron chi connectivity index (χ2n) is 6.35. The van der Waals surface area contributed by atoms with E-state index in [1.54, 1.807) is 10.7 Å². The van der Waals surface area contributed by atoms with Crippen LogP contribution in [0.3, 0.4) is 0 Å². The van der Waals surface area contributed by atoms with Crippen molar-refractivity contribution in [2.24, 2.45) is 5.73 Å². The number of benzene rings is 2. The molecule has 1 aromatic heterocycles. The monoisotopic (exact) mass is 438 g/mol. The molecule has 4 rings (SSSR count). The number of phenols is 2. The van der Waals surface area contributed by atoms with E-state index < -0.39 is 5.92 Å². The normalized spacial score (nSPS) is 15.7. The van der Waals surface area contributed by atoms with Gasteiger partial charge < -0.3 is 20.7 Å². The standard InChI is InChI=1S/C20H15BrN4O3/c1-10-16-17(11-7-14(21)18(27)15(26)8-11)13(9-22)19(23)28-20(16)25(24-10)12-5-3-2-4-6-12/h2-8,17,26-27H,23H2,1H3/t17-/m1/s1. The molecule has 0 spiro atoms. The molecule has 1 aliphatic heterocycles. The van der Waals surface area contributed by atoms with E-state index in [2.05, 4.69) is 27.1 Å². The Morgan fingerprint density at radius 3 is 2.61 bits per heavy atom. The number of fused-ring (bicyclic) bond motifs is 1. The maximum absolute atomic E-state index is 10.1. The highest BCUT2D eigenvalue weighted by Gasteiger charge is 2.36. The lowest BCUT2D eigenvalue weighted by atomic mass is 9.84. The van der Waals surface area contributed by atoms with Gasteiger partial charge in [-0.15, -0.1) is 0 Å². The molecule has 3 aromatic rings. The molecule has 2 heterocycles. The molecule has 2 aromatic carbocycles. The van der Waals surface area contributed by atoms with Gasteiger partial charge in [-0.25, -0.2) is 4.68 Å². The number of nitriles is 1. The summed E-state index contributed by atoms with van der Waals surface area (Å²) in [5, 5.41) is 34.2. The Kier molecular flexibility index (Phi) is 4.24. The molecule has 8 heteroatoms. The molecule has 1 aliphatic rings. The first kappa shape index (κ1) is 17.9. The average molecular weight is 439 g/mol. The van der Waals surface area contributed by atoms with Crippen molar-refractivity contribution in [2.45, 2.75) is 12.8 Å². The van der Waals surface area contributed by atoms with Crippen molar-refractivity contribution in [1.29, 1.82) is 5.26 Å². The Labute approximate surface area is 169 Å². The van der Waals surface area contributed by atoms with Crippen molar-refractivity contribution in [2.75, 3.05) is 0 Å². The molecule has 1 atom stereocenters. The predicted molar refractivity (Wildman–Crippen MR) is 105 cm³/mol. The van der Waals surface area contributed by atoms with Crippen molar-refractivity contribution in [1.82, 2.24) is 9.78 Å². The van der Waals surface area contributed by atoms with E-state index in [4.69, 9.17) is 10.5 Å². The fourth-order valence-electron chi connectivity index (χ4n) is 3.36. The Bertz CT molecular complexity index is 1140. The number of allylic oxidation sites excluding steroid dienone is 1. The van der Waals surface area contributed by atoms with Gasteiger partial charge in [-0.05, 0) is 52.7 Å². The highest BCUT2D eigenvalue weighted by Crippen LogP contribution is 2.47. The van der Waals surface area contributed by atoms with Crippen LogP contribution in [0.15, 0.2) is 58.4 Å². The second kappa shape index (κ2) is 6.62. The Hall–Kier alpha value is -3.44. The third kappa shape index (κ3) is 2.68. The molecule has 28 heavy (non-hydrogen) atoms. The van der Waals surface area contributed by atoms with Gasteiger partial charge in [0.2, 0.25) is 11.8 Å². The van der Waals surface area contributed by atoms with Crippen LogP contribution in [0.2, 0.25) is 0 Å². The lowest BCUT2D eigenvalue weighted by Crippen LogP contribution is -2.22. The number of nitrogens with two attached hydrogens (primary N) is 1. The zero-order chi connectivity index (χ0) is 20.0. The number of aromatic nitrogens is 2. The van der Waals surface area contributed by atoms with E-state index in [1.807, 2.05) is 37.3 Å². The summed E-state index contributed by atoms with van der Waals surface area (Å²) in [6.45, 7) is 1.82. The number of aryl methyl sites for hydroxylation is 1. The summed E-state index contributed by atoms with van der Waals surface area (Å²) in [6, 6.07) is 14.6. The van der Waals surface area contributed by atoms with Gasteiger partial charge in [-0.2, -0.15) is 10.4 Å². The third-order valence-electron chi connectivity index (χ3n) is 4.63. The molecule has 0 amide bonds. The summed E-state index contributed by atoms with van der Waals surface area (Å²) in [5.74, 6) is -0.798. The van der Waals surface area contributed by atoms with Crippen LogP contribution in [-0.2, 0) is 0 Å². The van der Waals surface area contributed by atoms with Crippen molar-refractivity contribution in [3.8, 4) is 29.1 Å². The Morgan fingerprint density at radius 2 is 1.96 bits per heavy atom. The van der Waals surface area contributed by atoms with Gasteiger partial charge >= 0.3 is 0 Å². The molecule has 0 fully saturated rings. The summed E-state index contributed by atoms with van der Waals surface area (Å²) < 4.78 is 7.73. The SMILES string of the molecule is Cc1nn(-c2ccccc2)c2c1[C@H](c1cc(O)c(O)c(Br)c1)C(C#N)=C(N)O2. The topological polar surface area (TPSA) is 117 Å². The highest BCUT2D eigenvalue weighted by atomic mass is 79.9. The minimum absolute atomic E-state index is 0.0271. The number of nitrogens with zero attached hydrogens (tertiary/aromatic N) is 3. The van der Waals surface area contributed by atoms with Crippen molar-refractivity contribution < 1.29 is 14.9 Å². The van der Waals surface area contributed by atoms with Crippen LogP contribution in [0.5, 0.6) is 17.4 Å². The molecule has 4 N–H and O–H groups in total. The predicted octanol–water partition coefficient (Wildman–Crippen LogP) is 3.57. The van der Waals surface area contributed by atoms with Gasteiger partial charge in [0.1, 0.15) is 11.6 Å². The van der Waals surface area contributed by atoms with E-state index in [0.717, 1.165) is 5.69 Å². The molecule has 7 nitrogen and oxygen atoms in total. The van der Waals surface area contributed by atoms with Crippen molar-refractivity contribution in [3.05, 3.63) is 75.2 Å². The van der Waals surface area contributed by atoms with E-state index in [0.29, 0.717) is 27.2 Å². The molecule has 0 aliphatic carbocycles. The second-order valence-corrected chi connectivity index (χ2v) is 7.20. The number of ether oxygens (including phenoxy) is 1. The zero-order valence-corrected chi connectivity index (χ0v) is 16.3. The van der Waals surface area contributed by atoms with Gasteiger partial charge in [0, 0.05) is 0 Å². The zero-order valence-electron chi connectivity index (χ0n) is 14.7. The molecule has 140 valence electrons. The molecule has 0 radical (unpaired) electrons. The number of hydrogen-bond acceptors (Lipinski definition) is 6. The lowest BCUT2D eigenvalue weighted by molar-refractivity contribution is 0.366. The van der Waals surface area contributed by atoms with Gasteiger partial charge in [0.15, 0.2) is 11.5 Å². The third-order valence-corrected chi connectivity index (χ3v) is 5.24. The van der Waals surface area contributed by atoms with Crippen molar-refractivity contribution >= 4 is 15.9 Å². The minimum Gasteiger partial charge on any atom is -0.504 e. The maximum atomic E-state index is 10.1.